The van der Waals surface area contributed by atoms with Crippen molar-refractivity contribution in [2.45, 2.75) is 25.4 Å². The van der Waals surface area contributed by atoms with Crippen LogP contribution in [0.5, 0.6) is 5.75 Å². The number of amides is 1. The number of fused-ring (bicyclic) bond motifs is 1. The Kier molecular flexibility index (Phi) is 5.18. The van der Waals surface area contributed by atoms with E-state index in [0.717, 1.165) is 16.5 Å². The number of rotatable bonds is 4. The molecule has 26 heavy (non-hydrogen) atoms. The number of benzene rings is 1. The Morgan fingerprint density at radius 2 is 2.27 bits per heavy atom. The monoisotopic (exact) mass is 393 g/mol. The first-order chi connectivity index (χ1) is 12.3. The van der Waals surface area contributed by atoms with Crippen LogP contribution in [0.1, 0.15) is 12.8 Å². The zero-order valence-corrected chi connectivity index (χ0v) is 16.1. The number of carbonyl (C=O) groups is 1. The minimum Gasteiger partial charge on any atom is -0.497 e. The first kappa shape index (κ1) is 18.6. The first-order valence-corrected chi connectivity index (χ1v) is 10.7. The van der Waals surface area contributed by atoms with Crippen LogP contribution in [0, 0.1) is 12.3 Å². The molecule has 1 aliphatic heterocycles. The Bertz CT molecular complexity index is 1060. The van der Waals surface area contributed by atoms with Crippen molar-refractivity contribution < 1.29 is 17.9 Å². The summed E-state index contributed by atoms with van der Waals surface area (Å²) in [5, 5.41) is 0. The van der Waals surface area contributed by atoms with Crippen LogP contribution in [-0.4, -0.2) is 49.1 Å². The molecule has 1 aromatic heterocycles. The fraction of sp³-hybridized carbons (Fsp3) is 0.412. The first-order valence-electron chi connectivity index (χ1n) is 8.01. The van der Waals surface area contributed by atoms with E-state index in [9.17, 15) is 13.2 Å². The number of hydrogen-bond donors (Lipinski definition) is 0. The number of hydrogen-bond acceptors (Lipinski definition) is 5. The van der Waals surface area contributed by atoms with Gasteiger partial charge in [0, 0.05) is 6.54 Å². The second-order valence-corrected chi connectivity index (χ2v) is 8.93. The van der Waals surface area contributed by atoms with E-state index < -0.39 is 22.0 Å². The maximum atomic E-state index is 12.7. The van der Waals surface area contributed by atoms with Gasteiger partial charge in [0.2, 0.25) is 10.0 Å². The van der Waals surface area contributed by atoms with E-state index in [2.05, 4.69) is 10.9 Å². The van der Waals surface area contributed by atoms with Crippen molar-refractivity contribution >= 4 is 37.5 Å². The molecule has 7 nitrogen and oxygen atoms in total. The Balaban J connectivity index is 2.07. The predicted molar refractivity (Wildman–Crippen MR) is 100 cm³/mol. The third kappa shape index (κ3) is 3.53. The van der Waals surface area contributed by atoms with Gasteiger partial charge in [-0.3, -0.25) is 4.79 Å². The minimum atomic E-state index is -3.44. The summed E-state index contributed by atoms with van der Waals surface area (Å²) in [5.74, 6) is 2.80. The molecule has 0 bridgehead atoms. The molecule has 1 unspecified atom stereocenters. The number of thiazole rings is 1. The normalized spacial score (nSPS) is 19.0. The van der Waals surface area contributed by atoms with Gasteiger partial charge < -0.3 is 9.30 Å². The topological polar surface area (TPSA) is 81.0 Å². The molecule has 0 radical (unpaired) electrons. The van der Waals surface area contributed by atoms with Crippen LogP contribution in [-0.2, 0) is 21.4 Å². The molecule has 1 amide bonds. The van der Waals surface area contributed by atoms with Crippen LogP contribution in [0.15, 0.2) is 23.2 Å². The predicted octanol–water partition coefficient (Wildman–Crippen LogP) is 1.20. The Hall–Kier alpha value is -2.15. The zero-order chi connectivity index (χ0) is 18.9. The molecular formula is C17H19N3O4S2. The maximum Gasteiger partial charge on any atom is 0.266 e. The fourth-order valence-corrected chi connectivity index (χ4v) is 5.24. The van der Waals surface area contributed by atoms with Crippen LogP contribution in [0.3, 0.4) is 0 Å². The highest BCUT2D eigenvalue weighted by Crippen LogP contribution is 2.24. The summed E-state index contributed by atoms with van der Waals surface area (Å²) in [6.45, 7) is 0.609. The number of terminal acetylenes is 1. The molecule has 1 aliphatic rings. The molecule has 1 aromatic carbocycles. The highest BCUT2D eigenvalue weighted by molar-refractivity contribution is 7.88. The van der Waals surface area contributed by atoms with E-state index >= 15 is 0 Å². The van der Waals surface area contributed by atoms with Crippen LogP contribution in [0.4, 0.5) is 0 Å². The van der Waals surface area contributed by atoms with Crippen molar-refractivity contribution in [3.8, 4) is 18.1 Å². The second kappa shape index (κ2) is 7.23. The molecular weight excluding hydrogens is 374 g/mol. The highest BCUT2D eigenvalue weighted by atomic mass is 32.2. The average molecular weight is 393 g/mol. The van der Waals surface area contributed by atoms with Gasteiger partial charge in [-0.05, 0) is 31.0 Å². The van der Waals surface area contributed by atoms with Crippen molar-refractivity contribution in [2.75, 3.05) is 19.9 Å². The molecule has 1 saturated heterocycles. The summed E-state index contributed by atoms with van der Waals surface area (Å²) in [6, 6.07) is 4.79. The summed E-state index contributed by atoms with van der Waals surface area (Å²) in [6.07, 6.45) is 7.70. The summed E-state index contributed by atoms with van der Waals surface area (Å²) in [5.41, 5.74) is 0.853. The van der Waals surface area contributed by atoms with Crippen LogP contribution in [0.2, 0.25) is 0 Å². The summed E-state index contributed by atoms with van der Waals surface area (Å²) in [4.78, 5) is 17.3. The van der Waals surface area contributed by atoms with Crippen molar-refractivity contribution in [1.29, 1.82) is 0 Å². The van der Waals surface area contributed by atoms with E-state index in [-0.39, 0.29) is 6.54 Å². The van der Waals surface area contributed by atoms with E-state index in [1.165, 1.54) is 15.6 Å². The quantitative estimate of drug-likeness (QED) is 0.731. The minimum absolute atomic E-state index is 0.263. The number of ether oxygens (including phenoxy) is 1. The summed E-state index contributed by atoms with van der Waals surface area (Å²) in [7, 11) is -1.86. The zero-order valence-electron chi connectivity index (χ0n) is 14.5. The average Bonchev–Trinajstić information content (AvgIpc) is 3.20. The Morgan fingerprint density at radius 3 is 2.92 bits per heavy atom. The third-order valence-corrected chi connectivity index (χ3v) is 6.59. The van der Waals surface area contributed by atoms with E-state index in [4.69, 9.17) is 11.2 Å². The van der Waals surface area contributed by atoms with Crippen molar-refractivity contribution in [3.05, 3.63) is 23.0 Å². The molecule has 3 rings (SSSR count). The largest absolute Gasteiger partial charge is 0.497 e. The lowest BCUT2D eigenvalue weighted by Crippen LogP contribution is -2.39. The SMILES string of the molecule is C#CCn1c(=NC(=O)C2CCCN2S(C)(=O)=O)sc2cc(OC)ccc21. The van der Waals surface area contributed by atoms with Gasteiger partial charge in [-0.2, -0.15) is 9.30 Å². The standard InChI is InChI=1S/C17H19N3O4S2/c1-4-9-19-13-8-7-12(24-2)11-15(13)25-17(19)18-16(21)14-6-5-10-20(14)26(3,22)23/h1,7-8,11,14H,5-6,9-10H2,2-3H3. The van der Waals surface area contributed by atoms with Gasteiger partial charge in [-0.25, -0.2) is 8.42 Å². The van der Waals surface area contributed by atoms with Gasteiger partial charge in [0.15, 0.2) is 4.80 Å². The van der Waals surface area contributed by atoms with Crippen LogP contribution in [0.25, 0.3) is 10.2 Å². The third-order valence-electron chi connectivity index (χ3n) is 4.26. The number of methoxy groups -OCH3 is 1. The molecule has 0 aliphatic carbocycles. The molecule has 2 heterocycles. The molecule has 0 N–H and O–H groups in total. The van der Waals surface area contributed by atoms with Gasteiger partial charge in [-0.1, -0.05) is 17.3 Å². The van der Waals surface area contributed by atoms with Crippen molar-refractivity contribution in [2.24, 2.45) is 4.99 Å². The number of sulfonamides is 1. The van der Waals surface area contributed by atoms with Gasteiger partial charge >= 0.3 is 0 Å². The molecule has 0 saturated carbocycles. The lowest BCUT2D eigenvalue weighted by molar-refractivity contribution is -0.121. The summed E-state index contributed by atoms with van der Waals surface area (Å²) >= 11 is 1.32. The maximum absolute atomic E-state index is 12.7. The number of aromatic nitrogens is 1. The second-order valence-electron chi connectivity index (χ2n) is 5.99. The Morgan fingerprint density at radius 1 is 1.50 bits per heavy atom. The molecule has 0 spiro atoms. The van der Waals surface area contributed by atoms with Gasteiger partial charge in [0.1, 0.15) is 11.8 Å². The van der Waals surface area contributed by atoms with E-state index in [1.807, 2.05) is 18.2 Å². The summed E-state index contributed by atoms with van der Waals surface area (Å²) < 4.78 is 32.9. The van der Waals surface area contributed by atoms with Gasteiger partial charge in [-0.15, -0.1) is 6.42 Å². The lowest BCUT2D eigenvalue weighted by atomic mass is 10.2. The van der Waals surface area contributed by atoms with Crippen molar-refractivity contribution in [1.82, 2.24) is 8.87 Å². The van der Waals surface area contributed by atoms with Gasteiger partial charge in [0.05, 0.1) is 30.1 Å². The van der Waals surface area contributed by atoms with E-state index in [1.54, 1.807) is 11.7 Å². The van der Waals surface area contributed by atoms with Gasteiger partial charge in [0.25, 0.3) is 5.91 Å². The molecule has 138 valence electrons. The van der Waals surface area contributed by atoms with Crippen LogP contribution < -0.4 is 9.54 Å². The number of nitrogens with zero attached hydrogens (tertiary/aromatic N) is 3. The molecule has 1 fully saturated rings. The van der Waals surface area contributed by atoms with Crippen molar-refractivity contribution in [3.63, 3.8) is 0 Å². The molecule has 9 heteroatoms. The smallest absolute Gasteiger partial charge is 0.266 e. The van der Waals surface area contributed by atoms with E-state index in [0.29, 0.717) is 29.9 Å². The lowest BCUT2D eigenvalue weighted by Gasteiger charge is -2.18. The number of carbonyl (C=O) groups excluding carboxylic acids is 1. The van der Waals surface area contributed by atoms with Crippen LogP contribution >= 0.6 is 11.3 Å². The fourth-order valence-electron chi connectivity index (χ4n) is 3.06. The molecule has 1 atom stereocenters. The Labute approximate surface area is 156 Å². The molecule has 2 aromatic rings. The highest BCUT2D eigenvalue weighted by Gasteiger charge is 2.36.